The van der Waals surface area contributed by atoms with Gasteiger partial charge in [0.05, 0.1) is 4.90 Å². The number of carbonyl (C=O) groups excluding carboxylic acids is 2. The summed E-state index contributed by atoms with van der Waals surface area (Å²) in [6.45, 7) is 1.47. The SMILES string of the molecule is CC(=O)c1ccc(S(=O)(=O)NC(=O)[C@@H]2COc3ccc(Br)cc32)cc1. The van der Waals surface area contributed by atoms with E-state index in [0.717, 1.165) is 4.47 Å². The van der Waals surface area contributed by atoms with Gasteiger partial charge in [0.1, 0.15) is 18.3 Å². The zero-order valence-electron chi connectivity index (χ0n) is 13.2. The van der Waals surface area contributed by atoms with Gasteiger partial charge in [-0.2, -0.15) is 0 Å². The summed E-state index contributed by atoms with van der Waals surface area (Å²) in [7, 11) is -4.03. The zero-order chi connectivity index (χ0) is 18.2. The molecule has 0 radical (unpaired) electrons. The second-order valence-corrected chi connectivity index (χ2v) is 8.19. The zero-order valence-corrected chi connectivity index (χ0v) is 15.6. The second kappa shape index (κ2) is 6.61. The van der Waals surface area contributed by atoms with E-state index in [-0.39, 0.29) is 17.3 Å². The molecule has 1 aliphatic rings. The average Bonchev–Trinajstić information content (AvgIpc) is 2.97. The molecule has 0 spiro atoms. The van der Waals surface area contributed by atoms with E-state index in [1.165, 1.54) is 31.2 Å². The summed E-state index contributed by atoms with van der Waals surface area (Å²) in [5.41, 5.74) is 1.03. The van der Waals surface area contributed by atoms with Crippen LogP contribution in [0.4, 0.5) is 0 Å². The summed E-state index contributed by atoms with van der Waals surface area (Å²) in [5.74, 6) is -0.976. The number of hydrogen-bond acceptors (Lipinski definition) is 5. The first kappa shape index (κ1) is 17.6. The van der Waals surface area contributed by atoms with Gasteiger partial charge in [0.25, 0.3) is 10.0 Å². The number of fused-ring (bicyclic) bond motifs is 1. The Morgan fingerprint density at radius 3 is 2.48 bits per heavy atom. The summed E-state index contributed by atoms with van der Waals surface area (Å²) in [4.78, 5) is 23.6. The molecule has 3 rings (SSSR count). The van der Waals surface area contributed by atoms with Gasteiger partial charge in [-0.3, -0.25) is 9.59 Å². The predicted octanol–water partition coefficient (Wildman–Crippen LogP) is 2.63. The molecule has 0 saturated heterocycles. The van der Waals surface area contributed by atoms with Crippen LogP contribution >= 0.6 is 15.9 Å². The molecule has 0 aromatic heterocycles. The molecule has 0 saturated carbocycles. The number of ketones is 1. The van der Waals surface area contributed by atoms with Gasteiger partial charge < -0.3 is 4.74 Å². The smallest absolute Gasteiger partial charge is 0.264 e. The summed E-state index contributed by atoms with van der Waals surface area (Å²) in [5, 5.41) is 0. The Balaban J connectivity index is 1.81. The maximum Gasteiger partial charge on any atom is 0.264 e. The van der Waals surface area contributed by atoms with Crippen molar-refractivity contribution < 1.29 is 22.7 Å². The van der Waals surface area contributed by atoms with Gasteiger partial charge in [0, 0.05) is 15.6 Å². The van der Waals surface area contributed by atoms with E-state index in [1.807, 2.05) is 0 Å². The highest BCUT2D eigenvalue weighted by atomic mass is 79.9. The second-order valence-electron chi connectivity index (χ2n) is 5.60. The molecule has 1 atom stereocenters. The first-order valence-corrected chi connectivity index (χ1v) is 9.65. The van der Waals surface area contributed by atoms with E-state index in [1.54, 1.807) is 18.2 Å². The number of sulfonamides is 1. The fourth-order valence-corrected chi connectivity index (χ4v) is 3.93. The van der Waals surface area contributed by atoms with Crippen LogP contribution in [0.1, 0.15) is 28.8 Å². The van der Waals surface area contributed by atoms with Crippen LogP contribution in [0, 0.1) is 0 Å². The van der Waals surface area contributed by atoms with Gasteiger partial charge in [0.2, 0.25) is 5.91 Å². The number of benzene rings is 2. The normalized spacial score (nSPS) is 16.0. The number of Topliss-reactive ketones (excluding diaryl/α,β-unsaturated/α-hetero) is 1. The lowest BCUT2D eigenvalue weighted by Gasteiger charge is -2.11. The van der Waals surface area contributed by atoms with Crippen LogP contribution in [0.3, 0.4) is 0 Å². The highest BCUT2D eigenvalue weighted by Gasteiger charge is 2.33. The number of halogens is 1. The Bertz CT molecular complexity index is 954. The number of carbonyl (C=O) groups is 2. The van der Waals surface area contributed by atoms with Crippen molar-refractivity contribution in [3.05, 3.63) is 58.1 Å². The van der Waals surface area contributed by atoms with Gasteiger partial charge in [-0.25, -0.2) is 13.1 Å². The molecule has 0 bridgehead atoms. The van der Waals surface area contributed by atoms with Gasteiger partial charge in [0.15, 0.2) is 5.78 Å². The number of rotatable bonds is 4. The molecule has 1 N–H and O–H groups in total. The van der Waals surface area contributed by atoms with Crippen molar-refractivity contribution in [1.82, 2.24) is 4.72 Å². The van der Waals surface area contributed by atoms with E-state index in [2.05, 4.69) is 20.7 Å². The maximum absolute atomic E-state index is 12.4. The quantitative estimate of drug-likeness (QED) is 0.763. The van der Waals surface area contributed by atoms with Gasteiger partial charge >= 0.3 is 0 Å². The van der Waals surface area contributed by atoms with Crippen LogP contribution in [-0.4, -0.2) is 26.7 Å². The standard InChI is InChI=1S/C17H14BrNO5S/c1-10(20)11-2-5-13(6-3-11)25(22,23)19-17(21)15-9-24-16-7-4-12(18)8-14(15)16/h2-8,15H,9H2,1H3,(H,19,21)/t15-/m1/s1. The third kappa shape index (κ3) is 3.59. The molecule has 1 amide bonds. The minimum atomic E-state index is -4.03. The topological polar surface area (TPSA) is 89.5 Å². The molecule has 2 aromatic rings. The first-order valence-electron chi connectivity index (χ1n) is 7.38. The molecule has 25 heavy (non-hydrogen) atoms. The lowest BCUT2D eigenvalue weighted by atomic mass is 10.0. The van der Waals surface area contributed by atoms with Crippen LogP contribution in [-0.2, 0) is 14.8 Å². The van der Waals surface area contributed by atoms with E-state index in [9.17, 15) is 18.0 Å². The fraction of sp³-hybridized carbons (Fsp3) is 0.176. The van der Waals surface area contributed by atoms with Gasteiger partial charge in [-0.05, 0) is 37.3 Å². The highest BCUT2D eigenvalue weighted by molar-refractivity contribution is 9.10. The van der Waals surface area contributed by atoms with E-state index < -0.39 is 21.8 Å². The Morgan fingerprint density at radius 1 is 1.16 bits per heavy atom. The number of amides is 1. The Morgan fingerprint density at radius 2 is 1.84 bits per heavy atom. The van der Waals surface area contributed by atoms with Crippen LogP contribution in [0.2, 0.25) is 0 Å². The third-order valence-corrected chi connectivity index (χ3v) is 5.73. The van der Waals surface area contributed by atoms with Crippen molar-refractivity contribution >= 4 is 37.6 Å². The van der Waals surface area contributed by atoms with Gasteiger partial charge in [-0.15, -0.1) is 0 Å². The molecule has 2 aromatic carbocycles. The van der Waals surface area contributed by atoms with Crippen LogP contribution in [0.5, 0.6) is 5.75 Å². The Kier molecular flexibility index (Phi) is 4.66. The first-order chi connectivity index (χ1) is 11.8. The number of nitrogens with one attached hydrogen (secondary N) is 1. The molecule has 1 heterocycles. The molecule has 8 heteroatoms. The monoisotopic (exact) mass is 423 g/mol. The van der Waals surface area contributed by atoms with Crippen molar-refractivity contribution in [1.29, 1.82) is 0 Å². The largest absolute Gasteiger partial charge is 0.492 e. The van der Waals surface area contributed by atoms with Crippen molar-refractivity contribution in [2.45, 2.75) is 17.7 Å². The van der Waals surface area contributed by atoms with Crippen LogP contribution < -0.4 is 9.46 Å². The summed E-state index contributed by atoms with van der Waals surface area (Å²) in [6.07, 6.45) is 0. The van der Waals surface area contributed by atoms with E-state index >= 15 is 0 Å². The van der Waals surface area contributed by atoms with Crippen molar-refractivity contribution in [3.63, 3.8) is 0 Å². The molecule has 130 valence electrons. The van der Waals surface area contributed by atoms with Gasteiger partial charge in [-0.1, -0.05) is 28.1 Å². The Hall–Kier alpha value is -2.19. The molecule has 0 unspecified atom stereocenters. The van der Waals surface area contributed by atoms with Crippen molar-refractivity contribution in [2.75, 3.05) is 6.61 Å². The predicted molar refractivity (Wildman–Crippen MR) is 94.2 cm³/mol. The number of hydrogen-bond donors (Lipinski definition) is 1. The minimum Gasteiger partial charge on any atom is -0.492 e. The summed E-state index contributed by atoms with van der Waals surface area (Å²) >= 11 is 3.32. The molecule has 0 fully saturated rings. The van der Waals surface area contributed by atoms with Crippen LogP contribution in [0.15, 0.2) is 51.8 Å². The maximum atomic E-state index is 12.4. The third-order valence-electron chi connectivity index (χ3n) is 3.88. The van der Waals surface area contributed by atoms with E-state index in [0.29, 0.717) is 16.9 Å². The lowest BCUT2D eigenvalue weighted by Crippen LogP contribution is -2.35. The summed E-state index contributed by atoms with van der Waals surface area (Å²) < 4.78 is 33.1. The molecule has 1 aliphatic heterocycles. The van der Waals surface area contributed by atoms with Crippen LogP contribution in [0.25, 0.3) is 0 Å². The molecule has 6 nitrogen and oxygen atoms in total. The summed E-state index contributed by atoms with van der Waals surface area (Å²) in [6, 6.07) is 10.7. The average molecular weight is 424 g/mol. The Labute approximate surface area is 153 Å². The van der Waals surface area contributed by atoms with Crippen molar-refractivity contribution in [2.24, 2.45) is 0 Å². The molecular formula is C17H14BrNO5S. The number of ether oxygens (including phenoxy) is 1. The minimum absolute atomic E-state index is 0.0798. The highest BCUT2D eigenvalue weighted by Crippen LogP contribution is 2.36. The molecular weight excluding hydrogens is 410 g/mol. The fourth-order valence-electron chi connectivity index (χ4n) is 2.53. The molecule has 0 aliphatic carbocycles. The lowest BCUT2D eigenvalue weighted by molar-refractivity contribution is -0.120. The van der Waals surface area contributed by atoms with E-state index in [4.69, 9.17) is 4.74 Å². The van der Waals surface area contributed by atoms with Crippen molar-refractivity contribution in [3.8, 4) is 5.75 Å².